The molecule has 0 aliphatic carbocycles. The fourth-order valence-electron chi connectivity index (χ4n) is 1.72. The molecule has 0 aromatic carbocycles. The Morgan fingerprint density at radius 2 is 2.50 bits per heavy atom. The lowest BCUT2D eigenvalue weighted by molar-refractivity contribution is 0.394. The smallest absolute Gasteiger partial charge is 0.232 e. The summed E-state index contributed by atoms with van der Waals surface area (Å²) in [5.41, 5.74) is 0. The first-order valence-electron chi connectivity index (χ1n) is 5.33. The summed E-state index contributed by atoms with van der Waals surface area (Å²) in [6, 6.07) is 0.402. The molecule has 1 aromatic rings. The van der Waals surface area contributed by atoms with E-state index in [2.05, 4.69) is 36.5 Å². The number of rotatable bonds is 3. The lowest BCUT2D eigenvalue weighted by Gasteiger charge is -2.23. The first-order chi connectivity index (χ1) is 7.79. The minimum atomic E-state index is 0.402. The van der Waals surface area contributed by atoms with Crippen LogP contribution in [0.4, 0.5) is 5.95 Å². The van der Waals surface area contributed by atoms with E-state index >= 15 is 0 Å². The van der Waals surface area contributed by atoms with E-state index in [0.29, 0.717) is 17.9 Å². The zero-order valence-corrected chi connectivity index (χ0v) is 10.7. The third-order valence-electron chi connectivity index (χ3n) is 2.54. The Morgan fingerprint density at radius 3 is 3.19 bits per heavy atom. The van der Waals surface area contributed by atoms with Crippen molar-refractivity contribution in [1.29, 1.82) is 0 Å². The highest BCUT2D eigenvalue weighted by Crippen LogP contribution is 2.22. The molecule has 0 amide bonds. The molecule has 1 aromatic heterocycles. The summed E-state index contributed by atoms with van der Waals surface area (Å²) in [6.07, 6.45) is 4.03. The molecule has 2 heterocycles. The standard InChI is InChI=1S/C10H15BrN4O/c1-16-9-8(11)6-13-10(15-9)14-7-3-2-4-12-5-7/h6-7,12H,2-5H2,1H3,(H,13,14,15). The van der Waals surface area contributed by atoms with Gasteiger partial charge in [0.2, 0.25) is 11.8 Å². The summed E-state index contributed by atoms with van der Waals surface area (Å²) in [6.45, 7) is 2.06. The van der Waals surface area contributed by atoms with E-state index in [1.807, 2.05) is 0 Å². The van der Waals surface area contributed by atoms with Gasteiger partial charge >= 0.3 is 0 Å². The number of ether oxygens (including phenoxy) is 1. The molecule has 2 N–H and O–H groups in total. The number of nitrogens with one attached hydrogen (secondary N) is 2. The van der Waals surface area contributed by atoms with Crippen molar-refractivity contribution in [2.45, 2.75) is 18.9 Å². The Balaban J connectivity index is 2.03. The number of halogens is 1. The third kappa shape index (κ3) is 2.82. The molecule has 1 atom stereocenters. The van der Waals surface area contributed by atoms with Crippen LogP contribution in [0, 0.1) is 0 Å². The van der Waals surface area contributed by atoms with E-state index < -0.39 is 0 Å². The molecule has 1 saturated heterocycles. The highest BCUT2D eigenvalue weighted by Gasteiger charge is 2.14. The van der Waals surface area contributed by atoms with Crippen molar-refractivity contribution in [3.63, 3.8) is 0 Å². The van der Waals surface area contributed by atoms with Crippen molar-refractivity contribution in [2.24, 2.45) is 0 Å². The molecule has 1 aliphatic heterocycles. The molecule has 2 rings (SSSR count). The van der Waals surface area contributed by atoms with Crippen LogP contribution in [0.3, 0.4) is 0 Å². The molecule has 6 heteroatoms. The van der Waals surface area contributed by atoms with Crippen LogP contribution in [0.5, 0.6) is 5.88 Å². The van der Waals surface area contributed by atoms with Gasteiger partial charge in [0, 0.05) is 12.6 Å². The number of nitrogens with zero attached hydrogens (tertiary/aromatic N) is 2. The molecule has 0 radical (unpaired) electrons. The summed E-state index contributed by atoms with van der Waals surface area (Å²) in [5, 5.41) is 6.63. The minimum absolute atomic E-state index is 0.402. The maximum absolute atomic E-state index is 5.12. The molecule has 88 valence electrons. The summed E-state index contributed by atoms with van der Waals surface area (Å²) in [7, 11) is 1.60. The molecule has 5 nitrogen and oxygen atoms in total. The van der Waals surface area contributed by atoms with Crippen molar-refractivity contribution >= 4 is 21.9 Å². The Hall–Kier alpha value is -0.880. The maximum Gasteiger partial charge on any atom is 0.232 e. The largest absolute Gasteiger partial charge is 0.480 e. The number of aromatic nitrogens is 2. The van der Waals surface area contributed by atoms with Gasteiger partial charge in [0.15, 0.2) is 0 Å². The normalized spacial score (nSPS) is 20.5. The van der Waals surface area contributed by atoms with Crippen molar-refractivity contribution in [3.8, 4) is 5.88 Å². The van der Waals surface area contributed by atoms with E-state index in [4.69, 9.17) is 4.74 Å². The summed E-state index contributed by atoms with van der Waals surface area (Å²) >= 11 is 3.33. The van der Waals surface area contributed by atoms with Gasteiger partial charge in [-0.1, -0.05) is 0 Å². The van der Waals surface area contributed by atoms with Gasteiger partial charge < -0.3 is 15.4 Å². The van der Waals surface area contributed by atoms with E-state index in [-0.39, 0.29) is 0 Å². The predicted octanol–water partition coefficient (Wildman–Crippen LogP) is 1.41. The molecule has 1 unspecified atom stereocenters. The molecular weight excluding hydrogens is 272 g/mol. The Bertz CT molecular complexity index is 355. The highest BCUT2D eigenvalue weighted by atomic mass is 79.9. The van der Waals surface area contributed by atoms with Crippen molar-refractivity contribution in [2.75, 3.05) is 25.5 Å². The van der Waals surface area contributed by atoms with Crippen molar-refractivity contribution in [3.05, 3.63) is 10.7 Å². The first-order valence-corrected chi connectivity index (χ1v) is 6.12. The fourth-order valence-corrected chi connectivity index (χ4v) is 2.07. The van der Waals surface area contributed by atoms with Gasteiger partial charge in [-0.15, -0.1) is 0 Å². The molecule has 0 bridgehead atoms. The van der Waals surface area contributed by atoms with E-state index in [0.717, 1.165) is 24.0 Å². The quantitative estimate of drug-likeness (QED) is 0.880. The number of anilines is 1. The zero-order chi connectivity index (χ0) is 11.4. The SMILES string of the molecule is COc1nc(NC2CCCNC2)ncc1Br. The van der Waals surface area contributed by atoms with Gasteiger partial charge in [-0.3, -0.25) is 0 Å². The maximum atomic E-state index is 5.12. The second kappa shape index (κ2) is 5.45. The van der Waals surface area contributed by atoms with Crippen LogP contribution in [0.2, 0.25) is 0 Å². The van der Waals surface area contributed by atoms with Crippen LogP contribution in [0.1, 0.15) is 12.8 Å². The van der Waals surface area contributed by atoms with Gasteiger partial charge in [0.05, 0.1) is 17.8 Å². The van der Waals surface area contributed by atoms with Gasteiger partial charge in [-0.25, -0.2) is 4.98 Å². The second-order valence-electron chi connectivity index (χ2n) is 3.74. The van der Waals surface area contributed by atoms with Crippen molar-refractivity contribution < 1.29 is 4.74 Å². The Labute approximate surface area is 103 Å². The van der Waals surface area contributed by atoms with Gasteiger partial charge in [0.1, 0.15) is 0 Å². The highest BCUT2D eigenvalue weighted by molar-refractivity contribution is 9.10. The molecule has 1 fully saturated rings. The molecule has 0 spiro atoms. The number of hydrogen-bond donors (Lipinski definition) is 2. The third-order valence-corrected chi connectivity index (χ3v) is 3.08. The minimum Gasteiger partial charge on any atom is -0.480 e. The topological polar surface area (TPSA) is 59.1 Å². The van der Waals surface area contributed by atoms with Crippen LogP contribution < -0.4 is 15.4 Å². The number of methoxy groups -OCH3 is 1. The van der Waals surface area contributed by atoms with E-state index in [1.54, 1.807) is 13.3 Å². The molecule has 0 saturated carbocycles. The average Bonchev–Trinajstić information content (AvgIpc) is 2.33. The predicted molar refractivity (Wildman–Crippen MR) is 65.8 cm³/mol. The van der Waals surface area contributed by atoms with Crippen LogP contribution in [-0.4, -0.2) is 36.2 Å². The van der Waals surface area contributed by atoms with Gasteiger partial charge in [-0.2, -0.15) is 4.98 Å². The Morgan fingerprint density at radius 1 is 1.62 bits per heavy atom. The van der Waals surface area contributed by atoms with Crippen molar-refractivity contribution in [1.82, 2.24) is 15.3 Å². The molecule has 16 heavy (non-hydrogen) atoms. The first kappa shape index (κ1) is 11.6. The summed E-state index contributed by atoms with van der Waals surface area (Å²) in [5.74, 6) is 1.18. The van der Waals surface area contributed by atoms with Crippen LogP contribution in [0.25, 0.3) is 0 Å². The van der Waals surface area contributed by atoms with Gasteiger partial charge in [0.25, 0.3) is 0 Å². The van der Waals surface area contributed by atoms with E-state index in [1.165, 1.54) is 6.42 Å². The van der Waals surface area contributed by atoms with Gasteiger partial charge in [-0.05, 0) is 35.3 Å². The molecule has 1 aliphatic rings. The Kier molecular flexibility index (Phi) is 3.95. The number of hydrogen-bond acceptors (Lipinski definition) is 5. The summed E-state index contributed by atoms with van der Waals surface area (Å²) in [4.78, 5) is 8.47. The monoisotopic (exact) mass is 286 g/mol. The van der Waals surface area contributed by atoms with Crippen LogP contribution in [-0.2, 0) is 0 Å². The fraction of sp³-hybridized carbons (Fsp3) is 0.600. The molecular formula is C10H15BrN4O. The summed E-state index contributed by atoms with van der Waals surface area (Å²) < 4.78 is 5.89. The zero-order valence-electron chi connectivity index (χ0n) is 9.16. The average molecular weight is 287 g/mol. The van der Waals surface area contributed by atoms with E-state index in [9.17, 15) is 0 Å². The van der Waals surface area contributed by atoms with Crippen LogP contribution >= 0.6 is 15.9 Å². The van der Waals surface area contributed by atoms with Crippen LogP contribution in [0.15, 0.2) is 10.7 Å². The number of piperidine rings is 1. The lowest BCUT2D eigenvalue weighted by atomic mass is 10.1. The lowest BCUT2D eigenvalue weighted by Crippen LogP contribution is -2.38. The second-order valence-corrected chi connectivity index (χ2v) is 4.59.